The van der Waals surface area contributed by atoms with Crippen LogP contribution in [0.5, 0.6) is 0 Å². The molecule has 0 spiro atoms. The van der Waals surface area contributed by atoms with Gasteiger partial charge in [0, 0.05) is 22.4 Å². The van der Waals surface area contributed by atoms with Crippen molar-refractivity contribution in [2.75, 3.05) is 6.54 Å². The van der Waals surface area contributed by atoms with E-state index in [4.69, 9.17) is 11.6 Å². The van der Waals surface area contributed by atoms with Crippen molar-refractivity contribution < 1.29 is 4.79 Å². The summed E-state index contributed by atoms with van der Waals surface area (Å²) in [4.78, 5) is 17.8. The highest BCUT2D eigenvalue weighted by molar-refractivity contribution is 7.09. The van der Waals surface area contributed by atoms with E-state index in [1.54, 1.807) is 11.3 Å². The first kappa shape index (κ1) is 14.5. The molecule has 0 radical (unpaired) electrons. The Bertz CT molecular complexity index is 623. The SMILES string of the molecule is O=C(NCCc1ccc(Cl)cc1)C1CCc2ncsc2C1. The monoisotopic (exact) mass is 320 g/mol. The number of thiazole rings is 1. The maximum Gasteiger partial charge on any atom is 0.223 e. The average molecular weight is 321 g/mol. The van der Waals surface area contributed by atoms with Crippen molar-refractivity contribution in [3.8, 4) is 0 Å². The fraction of sp³-hybridized carbons (Fsp3) is 0.375. The molecule has 1 aliphatic rings. The molecule has 1 aromatic carbocycles. The first-order valence-corrected chi connectivity index (χ1v) is 8.41. The Morgan fingerprint density at radius 1 is 1.38 bits per heavy atom. The maximum atomic E-state index is 12.2. The molecule has 1 amide bonds. The summed E-state index contributed by atoms with van der Waals surface area (Å²) in [7, 11) is 0. The molecule has 1 aromatic heterocycles. The van der Waals surface area contributed by atoms with Gasteiger partial charge in [0.2, 0.25) is 5.91 Å². The van der Waals surface area contributed by atoms with Gasteiger partial charge in [0.15, 0.2) is 0 Å². The highest BCUT2D eigenvalue weighted by Crippen LogP contribution is 2.27. The van der Waals surface area contributed by atoms with Gasteiger partial charge in [0.25, 0.3) is 0 Å². The Hall–Kier alpha value is -1.39. The molecule has 3 rings (SSSR count). The second-order valence-electron chi connectivity index (χ2n) is 5.33. The van der Waals surface area contributed by atoms with Crippen LogP contribution in [0, 0.1) is 5.92 Å². The number of amides is 1. The Kier molecular flexibility index (Phi) is 4.56. The summed E-state index contributed by atoms with van der Waals surface area (Å²) in [5.41, 5.74) is 4.25. The van der Waals surface area contributed by atoms with Crippen LogP contribution in [-0.2, 0) is 24.1 Å². The van der Waals surface area contributed by atoms with Crippen molar-refractivity contribution in [2.45, 2.75) is 25.7 Å². The van der Waals surface area contributed by atoms with Crippen LogP contribution < -0.4 is 5.32 Å². The van der Waals surface area contributed by atoms with Gasteiger partial charge in [-0.25, -0.2) is 4.98 Å². The number of fused-ring (bicyclic) bond motifs is 1. The minimum Gasteiger partial charge on any atom is -0.356 e. The highest BCUT2D eigenvalue weighted by Gasteiger charge is 2.25. The first-order valence-electron chi connectivity index (χ1n) is 7.16. The summed E-state index contributed by atoms with van der Waals surface area (Å²) in [6.45, 7) is 0.673. The Labute approximate surface area is 133 Å². The van der Waals surface area contributed by atoms with Crippen molar-refractivity contribution in [2.24, 2.45) is 5.92 Å². The lowest BCUT2D eigenvalue weighted by atomic mass is 9.90. The van der Waals surface area contributed by atoms with Gasteiger partial charge in [-0.15, -0.1) is 11.3 Å². The van der Waals surface area contributed by atoms with Gasteiger partial charge >= 0.3 is 0 Å². The third-order valence-electron chi connectivity index (χ3n) is 3.88. The number of nitrogens with one attached hydrogen (secondary N) is 1. The lowest BCUT2D eigenvalue weighted by Gasteiger charge is -2.20. The van der Waals surface area contributed by atoms with Crippen LogP contribution in [-0.4, -0.2) is 17.4 Å². The summed E-state index contributed by atoms with van der Waals surface area (Å²) in [5.74, 6) is 0.270. The molecule has 21 heavy (non-hydrogen) atoms. The predicted octanol–water partition coefficient (Wildman–Crippen LogP) is 3.26. The topological polar surface area (TPSA) is 42.0 Å². The summed E-state index contributed by atoms with van der Waals surface area (Å²) in [5, 5.41) is 3.79. The molecule has 0 bridgehead atoms. The molecule has 2 aromatic rings. The fourth-order valence-electron chi connectivity index (χ4n) is 2.65. The van der Waals surface area contributed by atoms with E-state index in [1.165, 1.54) is 16.1 Å². The zero-order chi connectivity index (χ0) is 14.7. The molecular weight excluding hydrogens is 304 g/mol. The van der Waals surface area contributed by atoms with E-state index < -0.39 is 0 Å². The van der Waals surface area contributed by atoms with Crippen LogP contribution in [0.25, 0.3) is 0 Å². The standard InChI is InChI=1S/C16H17ClN2OS/c17-13-4-1-11(2-5-13)7-8-18-16(20)12-3-6-14-15(9-12)21-10-19-14/h1-2,4-5,10,12H,3,6-9H2,(H,18,20). The molecule has 1 unspecified atom stereocenters. The second kappa shape index (κ2) is 6.58. The van der Waals surface area contributed by atoms with Crippen molar-refractivity contribution in [3.05, 3.63) is 50.9 Å². The van der Waals surface area contributed by atoms with Crippen LogP contribution in [0.2, 0.25) is 5.02 Å². The molecule has 3 nitrogen and oxygen atoms in total. The molecule has 1 atom stereocenters. The number of carbonyl (C=O) groups excluding carboxylic acids is 1. The van der Waals surface area contributed by atoms with Gasteiger partial charge in [0.1, 0.15) is 0 Å². The molecule has 0 saturated carbocycles. The predicted molar refractivity (Wildman–Crippen MR) is 85.8 cm³/mol. The molecule has 0 fully saturated rings. The number of hydrogen-bond acceptors (Lipinski definition) is 3. The number of halogens is 1. The molecule has 1 aliphatic carbocycles. The van der Waals surface area contributed by atoms with E-state index in [1.807, 2.05) is 29.8 Å². The number of benzene rings is 1. The number of rotatable bonds is 4. The molecule has 0 saturated heterocycles. The molecule has 0 aliphatic heterocycles. The van der Waals surface area contributed by atoms with E-state index in [0.717, 1.165) is 30.7 Å². The number of nitrogens with zero attached hydrogens (tertiary/aromatic N) is 1. The Balaban J connectivity index is 1.48. The van der Waals surface area contributed by atoms with Crippen LogP contribution in [0.1, 0.15) is 22.6 Å². The van der Waals surface area contributed by atoms with Crippen LogP contribution in [0.4, 0.5) is 0 Å². The minimum atomic E-state index is 0.100. The smallest absolute Gasteiger partial charge is 0.223 e. The third-order valence-corrected chi connectivity index (χ3v) is 5.03. The molecule has 1 heterocycles. The van der Waals surface area contributed by atoms with E-state index in [0.29, 0.717) is 6.54 Å². The molecule has 1 N–H and O–H groups in total. The van der Waals surface area contributed by atoms with E-state index in [2.05, 4.69) is 10.3 Å². The van der Waals surface area contributed by atoms with Gasteiger partial charge in [-0.3, -0.25) is 4.79 Å². The number of aromatic nitrogens is 1. The van der Waals surface area contributed by atoms with Gasteiger partial charge in [-0.05, 0) is 43.4 Å². The second-order valence-corrected chi connectivity index (χ2v) is 6.71. The molecule has 5 heteroatoms. The summed E-state index contributed by atoms with van der Waals surface area (Å²) >= 11 is 7.52. The van der Waals surface area contributed by atoms with Crippen molar-refractivity contribution in [3.63, 3.8) is 0 Å². The first-order chi connectivity index (χ1) is 10.2. The summed E-state index contributed by atoms with van der Waals surface area (Å²) in [6, 6.07) is 7.76. The fourth-order valence-corrected chi connectivity index (χ4v) is 3.67. The van der Waals surface area contributed by atoms with Gasteiger partial charge in [0.05, 0.1) is 11.2 Å². The van der Waals surface area contributed by atoms with Crippen LogP contribution in [0.3, 0.4) is 0 Å². The largest absolute Gasteiger partial charge is 0.356 e. The average Bonchev–Trinajstić information content (AvgIpc) is 2.96. The van der Waals surface area contributed by atoms with Crippen molar-refractivity contribution in [1.82, 2.24) is 10.3 Å². The normalized spacial score (nSPS) is 17.3. The lowest BCUT2D eigenvalue weighted by molar-refractivity contribution is -0.125. The maximum absolute atomic E-state index is 12.2. The van der Waals surface area contributed by atoms with Gasteiger partial charge in [-0.1, -0.05) is 23.7 Å². The van der Waals surface area contributed by atoms with E-state index in [-0.39, 0.29) is 11.8 Å². The Morgan fingerprint density at radius 2 is 2.19 bits per heavy atom. The zero-order valence-electron chi connectivity index (χ0n) is 11.6. The summed E-state index contributed by atoms with van der Waals surface area (Å²) in [6.07, 6.45) is 3.51. The zero-order valence-corrected chi connectivity index (χ0v) is 13.2. The highest BCUT2D eigenvalue weighted by atomic mass is 35.5. The van der Waals surface area contributed by atoms with Crippen LogP contribution >= 0.6 is 22.9 Å². The van der Waals surface area contributed by atoms with E-state index >= 15 is 0 Å². The number of hydrogen-bond donors (Lipinski definition) is 1. The quantitative estimate of drug-likeness (QED) is 0.939. The third kappa shape index (κ3) is 3.63. The number of carbonyl (C=O) groups is 1. The lowest BCUT2D eigenvalue weighted by Crippen LogP contribution is -2.35. The Morgan fingerprint density at radius 3 is 3.00 bits per heavy atom. The van der Waals surface area contributed by atoms with Crippen LogP contribution in [0.15, 0.2) is 29.8 Å². The number of aryl methyl sites for hydroxylation is 1. The molecule has 110 valence electrons. The molecular formula is C16H17ClN2OS. The van der Waals surface area contributed by atoms with Gasteiger partial charge < -0.3 is 5.32 Å². The van der Waals surface area contributed by atoms with Crippen molar-refractivity contribution >= 4 is 28.8 Å². The van der Waals surface area contributed by atoms with Gasteiger partial charge in [-0.2, -0.15) is 0 Å². The van der Waals surface area contributed by atoms with Crippen molar-refractivity contribution in [1.29, 1.82) is 0 Å². The van der Waals surface area contributed by atoms with E-state index in [9.17, 15) is 4.79 Å². The summed E-state index contributed by atoms with van der Waals surface area (Å²) < 4.78 is 0. The minimum absolute atomic E-state index is 0.100.